The third kappa shape index (κ3) is 16.3. The van der Waals surface area contributed by atoms with E-state index in [0.717, 1.165) is 12.8 Å². The first-order valence-corrected chi connectivity index (χ1v) is 7.42. The van der Waals surface area contributed by atoms with Crippen molar-refractivity contribution >= 4 is 17.9 Å². The van der Waals surface area contributed by atoms with E-state index in [0.29, 0.717) is 32.4 Å². The summed E-state index contributed by atoms with van der Waals surface area (Å²) in [5.41, 5.74) is 15.5. The number of aliphatic carboxylic acids is 2. The molecule has 0 aliphatic heterocycles. The minimum absolute atomic E-state index is 0.112. The number of rotatable bonds is 11. The Morgan fingerprint density at radius 1 is 1.13 bits per heavy atom. The van der Waals surface area contributed by atoms with Gasteiger partial charge in [-0.05, 0) is 39.3 Å². The number of likely N-dealkylation sites (N-methyl/N-ethyl adjacent to an activating group) is 1. The van der Waals surface area contributed by atoms with Crippen LogP contribution in [-0.4, -0.2) is 60.3 Å². The molecule has 0 aromatic heterocycles. The number of nitrogens with one attached hydrogen (secondary N) is 3. The van der Waals surface area contributed by atoms with Crippen molar-refractivity contribution in [1.29, 1.82) is 5.41 Å². The van der Waals surface area contributed by atoms with Crippen LogP contribution in [0.3, 0.4) is 0 Å². The fourth-order valence-corrected chi connectivity index (χ4v) is 1.55. The fraction of sp³-hybridized carbons (Fsp3) is 0.769. The summed E-state index contributed by atoms with van der Waals surface area (Å²) >= 11 is 0. The first kappa shape index (κ1) is 23.4. The SMILES string of the molecule is CN[C@@H](CCCCN)C(=O)O.N=C(N)NCCC[C@@H](N)C(=O)O. The summed E-state index contributed by atoms with van der Waals surface area (Å²) in [7, 11) is 1.65. The second-order valence-corrected chi connectivity index (χ2v) is 4.89. The molecule has 0 fully saturated rings. The zero-order valence-corrected chi connectivity index (χ0v) is 13.5. The van der Waals surface area contributed by atoms with E-state index in [1.807, 2.05) is 0 Å². The quantitative estimate of drug-likeness (QED) is 0.125. The van der Waals surface area contributed by atoms with Gasteiger partial charge in [0.15, 0.2) is 5.96 Å². The summed E-state index contributed by atoms with van der Waals surface area (Å²) in [6.45, 7) is 1.12. The van der Waals surface area contributed by atoms with Gasteiger partial charge < -0.3 is 38.0 Å². The summed E-state index contributed by atoms with van der Waals surface area (Å²) in [6, 6.07) is -1.24. The van der Waals surface area contributed by atoms with Crippen molar-refractivity contribution in [2.45, 2.75) is 44.2 Å². The molecule has 11 N–H and O–H groups in total. The number of unbranched alkanes of at least 4 members (excludes halogenated alkanes) is 1. The molecule has 0 saturated carbocycles. The van der Waals surface area contributed by atoms with Crippen LogP contribution in [0.15, 0.2) is 0 Å². The summed E-state index contributed by atoms with van der Waals surface area (Å²) in [5, 5.41) is 29.0. The van der Waals surface area contributed by atoms with Crippen molar-refractivity contribution in [2.75, 3.05) is 20.1 Å². The van der Waals surface area contributed by atoms with Crippen LogP contribution in [0.2, 0.25) is 0 Å². The van der Waals surface area contributed by atoms with E-state index in [-0.39, 0.29) is 5.96 Å². The molecule has 0 spiro atoms. The lowest BCUT2D eigenvalue weighted by Crippen LogP contribution is -2.34. The molecule has 0 saturated heterocycles. The molecule has 0 rings (SSSR count). The van der Waals surface area contributed by atoms with E-state index in [9.17, 15) is 9.59 Å². The maximum Gasteiger partial charge on any atom is 0.320 e. The van der Waals surface area contributed by atoms with E-state index in [2.05, 4.69) is 10.6 Å². The average molecular weight is 334 g/mol. The third-order valence-electron chi connectivity index (χ3n) is 2.92. The van der Waals surface area contributed by atoms with E-state index in [1.165, 1.54) is 0 Å². The molecule has 0 aromatic rings. The molecule has 23 heavy (non-hydrogen) atoms. The molecule has 10 nitrogen and oxygen atoms in total. The van der Waals surface area contributed by atoms with Crippen LogP contribution in [0.4, 0.5) is 0 Å². The van der Waals surface area contributed by atoms with Gasteiger partial charge in [-0.1, -0.05) is 6.42 Å². The molecular weight excluding hydrogens is 304 g/mol. The fourth-order valence-electron chi connectivity index (χ4n) is 1.55. The van der Waals surface area contributed by atoms with Crippen LogP contribution in [0.5, 0.6) is 0 Å². The second-order valence-electron chi connectivity index (χ2n) is 4.89. The van der Waals surface area contributed by atoms with Crippen molar-refractivity contribution in [3.63, 3.8) is 0 Å². The largest absolute Gasteiger partial charge is 0.480 e. The Kier molecular flexibility index (Phi) is 15.2. The predicted molar refractivity (Wildman–Crippen MR) is 88.2 cm³/mol. The molecule has 136 valence electrons. The van der Waals surface area contributed by atoms with Crippen LogP contribution in [-0.2, 0) is 9.59 Å². The van der Waals surface area contributed by atoms with Gasteiger partial charge in [0.1, 0.15) is 12.1 Å². The molecule has 0 aliphatic carbocycles. The highest BCUT2D eigenvalue weighted by Crippen LogP contribution is 1.99. The Morgan fingerprint density at radius 2 is 1.74 bits per heavy atom. The highest BCUT2D eigenvalue weighted by atomic mass is 16.4. The zero-order chi connectivity index (χ0) is 18.3. The Balaban J connectivity index is 0. The number of carbonyl (C=O) groups is 2. The van der Waals surface area contributed by atoms with Gasteiger partial charge in [0, 0.05) is 6.54 Å². The summed E-state index contributed by atoms with van der Waals surface area (Å²) in [6.07, 6.45) is 3.39. The van der Waals surface area contributed by atoms with E-state index in [4.69, 9.17) is 32.8 Å². The Bertz CT molecular complexity index is 353. The number of carboxylic acid groups (broad SMARTS) is 2. The highest BCUT2D eigenvalue weighted by Gasteiger charge is 2.12. The van der Waals surface area contributed by atoms with Crippen molar-refractivity contribution in [3.8, 4) is 0 Å². The Labute approximate surface area is 136 Å². The molecule has 0 aliphatic rings. The number of nitrogens with two attached hydrogens (primary N) is 3. The van der Waals surface area contributed by atoms with Crippen LogP contribution in [0, 0.1) is 5.41 Å². The number of hydrogen-bond acceptors (Lipinski definition) is 6. The van der Waals surface area contributed by atoms with Gasteiger partial charge in [0.25, 0.3) is 0 Å². The summed E-state index contributed by atoms with van der Waals surface area (Å²) in [4.78, 5) is 20.6. The average Bonchev–Trinajstić information content (AvgIpc) is 2.48. The van der Waals surface area contributed by atoms with Crippen LogP contribution in [0.25, 0.3) is 0 Å². The normalized spacial score (nSPS) is 12.5. The van der Waals surface area contributed by atoms with Gasteiger partial charge in [0.05, 0.1) is 0 Å². The molecule has 0 amide bonds. The molecule has 0 radical (unpaired) electrons. The maximum absolute atomic E-state index is 10.4. The topological polar surface area (TPSA) is 201 Å². The molecule has 10 heteroatoms. The number of hydrogen-bond donors (Lipinski definition) is 8. The number of guanidine groups is 1. The van der Waals surface area contributed by atoms with Gasteiger partial charge >= 0.3 is 11.9 Å². The minimum Gasteiger partial charge on any atom is -0.480 e. The Hall–Kier alpha value is -1.91. The monoisotopic (exact) mass is 334 g/mol. The van der Waals surface area contributed by atoms with E-state index in [1.54, 1.807) is 7.05 Å². The van der Waals surface area contributed by atoms with Gasteiger partial charge in [-0.25, -0.2) is 0 Å². The van der Waals surface area contributed by atoms with E-state index < -0.39 is 24.0 Å². The molecule has 2 atom stereocenters. The first-order chi connectivity index (χ1) is 10.8. The van der Waals surface area contributed by atoms with Crippen molar-refractivity contribution < 1.29 is 19.8 Å². The molecule has 0 aromatic carbocycles. The van der Waals surface area contributed by atoms with Gasteiger partial charge in [-0.3, -0.25) is 15.0 Å². The molecule has 0 heterocycles. The van der Waals surface area contributed by atoms with Crippen LogP contribution >= 0.6 is 0 Å². The highest BCUT2D eigenvalue weighted by molar-refractivity contribution is 5.74. The van der Waals surface area contributed by atoms with Crippen molar-refractivity contribution in [2.24, 2.45) is 17.2 Å². The standard InChI is InChI=1S/C7H16N2O2.C6H14N4O2/c1-9-6(7(10)11)4-2-3-5-8;7-4(5(11)12)2-1-3-10-6(8)9/h6,9H,2-5,8H2,1H3,(H,10,11);4H,1-3,7H2,(H,11,12)(H4,8,9,10)/t6-;4-/m01/s1. The minimum atomic E-state index is -1.00. The summed E-state index contributed by atoms with van der Waals surface area (Å²) < 4.78 is 0. The Morgan fingerprint density at radius 3 is 2.13 bits per heavy atom. The van der Waals surface area contributed by atoms with Crippen molar-refractivity contribution in [3.05, 3.63) is 0 Å². The van der Waals surface area contributed by atoms with E-state index >= 15 is 0 Å². The lowest BCUT2D eigenvalue weighted by Gasteiger charge is -2.09. The molecule has 0 bridgehead atoms. The maximum atomic E-state index is 10.4. The summed E-state index contributed by atoms with van der Waals surface area (Å²) in [5.74, 6) is -1.90. The molecule has 0 unspecified atom stereocenters. The van der Waals surface area contributed by atoms with Crippen LogP contribution in [0.1, 0.15) is 32.1 Å². The second kappa shape index (κ2) is 15.0. The lowest BCUT2D eigenvalue weighted by molar-refractivity contribution is -0.140. The predicted octanol–water partition coefficient (Wildman–Crippen LogP) is -1.55. The number of carboxylic acids is 2. The van der Waals surface area contributed by atoms with Crippen molar-refractivity contribution in [1.82, 2.24) is 10.6 Å². The van der Waals surface area contributed by atoms with Crippen LogP contribution < -0.4 is 27.8 Å². The lowest BCUT2D eigenvalue weighted by atomic mass is 10.1. The molecular formula is C13H30N6O4. The van der Waals surface area contributed by atoms with Gasteiger partial charge in [-0.15, -0.1) is 0 Å². The first-order valence-electron chi connectivity index (χ1n) is 7.42. The smallest absolute Gasteiger partial charge is 0.320 e. The van der Waals surface area contributed by atoms with Gasteiger partial charge in [0.2, 0.25) is 0 Å². The van der Waals surface area contributed by atoms with Gasteiger partial charge in [-0.2, -0.15) is 0 Å². The zero-order valence-electron chi connectivity index (χ0n) is 13.5. The third-order valence-corrected chi connectivity index (χ3v) is 2.92.